The van der Waals surface area contributed by atoms with Gasteiger partial charge in [-0.15, -0.1) is 11.3 Å². The number of allylic oxidation sites excluding steroid dienone is 1. The van der Waals surface area contributed by atoms with Crippen molar-refractivity contribution in [2.24, 2.45) is 0 Å². The monoisotopic (exact) mass is 239 g/mol. The summed E-state index contributed by atoms with van der Waals surface area (Å²) in [6.45, 7) is 3.67. The first-order valence-electron chi connectivity index (χ1n) is 4.88. The molecule has 1 amide bonds. The van der Waals surface area contributed by atoms with Crippen molar-refractivity contribution in [3.63, 3.8) is 0 Å². The molecule has 0 aliphatic carbocycles. The van der Waals surface area contributed by atoms with Crippen LogP contribution in [0.4, 0.5) is 5.00 Å². The van der Waals surface area contributed by atoms with Crippen molar-refractivity contribution in [1.82, 2.24) is 0 Å². The summed E-state index contributed by atoms with van der Waals surface area (Å²) in [5.41, 5.74) is 0.153. The first-order valence-corrected chi connectivity index (χ1v) is 5.69. The number of carbonyl (C=O) groups excluding carboxylic acids is 1. The van der Waals surface area contributed by atoms with Gasteiger partial charge in [0, 0.05) is 4.88 Å². The van der Waals surface area contributed by atoms with Crippen LogP contribution >= 0.6 is 11.3 Å². The molecule has 5 heteroatoms. The molecule has 0 saturated heterocycles. The second-order valence-corrected chi connectivity index (χ2v) is 4.24. The highest BCUT2D eigenvalue weighted by molar-refractivity contribution is 7.16. The van der Waals surface area contributed by atoms with Crippen LogP contribution in [0.1, 0.15) is 29.1 Å². The Morgan fingerprint density at radius 3 is 2.75 bits per heavy atom. The molecule has 0 unspecified atom stereocenters. The summed E-state index contributed by atoms with van der Waals surface area (Å²) in [5, 5.41) is 11.9. The Morgan fingerprint density at radius 1 is 1.56 bits per heavy atom. The molecule has 0 saturated carbocycles. The molecule has 1 rings (SSSR count). The number of carboxylic acid groups (broad SMARTS) is 1. The van der Waals surface area contributed by atoms with E-state index in [9.17, 15) is 9.59 Å². The quantitative estimate of drug-likeness (QED) is 0.793. The normalized spacial score (nSPS) is 10.6. The molecule has 1 heterocycles. The van der Waals surface area contributed by atoms with Crippen LogP contribution < -0.4 is 5.32 Å². The van der Waals surface area contributed by atoms with E-state index in [1.807, 2.05) is 6.92 Å². The maximum Gasteiger partial charge on any atom is 0.338 e. The minimum Gasteiger partial charge on any atom is -0.478 e. The average molecular weight is 239 g/mol. The van der Waals surface area contributed by atoms with E-state index in [0.717, 1.165) is 11.3 Å². The fourth-order valence-corrected chi connectivity index (χ4v) is 2.16. The number of aryl methyl sites for hydroxylation is 1. The summed E-state index contributed by atoms with van der Waals surface area (Å²) in [6, 6.07) is 1.60. The van der Waals surface area contributed by atoms with E-state index in [1.165, 1.54) is 17.4 Å². The molecule has 0 atom stereocenters. The highest BCUT2D eigenvalue weighted by Crippen LogP contribution is 2.28. The van der Waals surface area contributed by atoms with Gasteiger partial charge in [0.05, 0.1) is 5.56 Å². The lowest BCUT2D eigenvalue weighted by molar-refractivity contribution is -0.111. The molecule has 2 N–H and O–H groups in total. The number of aromatic carboxylic acids is 1. The zero-order chi connectivity index (χ0) is 12.1. The van der Waals surface area contributed by atoms with Gasteiger partial charge in [-0.05, 0) is 25.5 Å². The molecule has 1 aromatic heterocycles. The fraction of sp³-hybridized carbons (Fsp3) is 0.273. The van der Waals surface area contributed by atoms with E-state index in [2.05, 4.69) is 5.32 Å². The molecule has 0 bridgehead atoms. The standard InChI is InChI=1S/C11H13NO3S/c1-3-5-9(13)12-10-8(11(14)15)6-7(4-2)16-10/h3,5-6H,4H2,1-2H3,(H,12,13)(H,14,15). The summed E-state index contributed by atoms with van der Waals surface area (Å²) in [7, 11) is 0. The summed E-state index contributed by atoms with van der Waals surface area (Å²) >= 11 is 1.30. The molecule has 0 aliphatic heterocycles. The Labute approximate surface area is 97.6 Å². The molecule has 0 aromatic carbocycles. The van der Waals surface area contributed by atoms with Crippen LogP contribution in [0.3, 0.4) is 0 Å². The van der Waals surface area contributed by atoms with Crippen LogP contribution in [0.15, 0.2) is 18.2 Å². The van der Waals surface area contributed by atoms with E-state index in [-0.39, 0.29) is 11.5 Å². The zero-order valence-electron chi connectivity index (χ0n) is 9.11. The van der Waals surface area contributed by atoms with Gasteiger partial charge in [0.25, 0.3) is 0 Å². The van der Waals surface area contributed by atoms with Crippen molar-refractivity contribution in [2.45, 2.75) is 20.3 Å². The molecular formula is C11H13NO3S. The number of carbonyl (C=O) groups is 2. The summed E-state index contributed by atoms with van der Waals surface area (Å²) in [5.74, 6) is -1.33. The Morgan fingerprint density at radius 2 is 2.25 bits per heavy atom. The van der Waals surface area contributed by atoms with Crippen molar-refractivity contribution >= 4 is 28.2 Å². The summed E-state index contributed by atoms with van der Waals surface area (Å²) in [6.07, 6.45) is 3.71. The number of anilines is 1. The smallest absolute Gasteiger partial charge is 0.338 e. The lowest BCUT2D eigenvalue weighted by Gasteiger charge is -1.99. The SMILES string of the molecule is CC=CC(=O)Nc1sc(CC)cc1C(=O)O. The number of hydrogen-bond acceptors (Lipinski definition) is 3. The molecule has 0 spiro atoms. The molecule has 0 radical (unpaired) electrons. The minimum atomic E-state index is -1.02. The summed E-state index contributed by atoms with van der Waals surface area (Å²) < 4.78 is 0. The number of hydrogen-bond donors (Lipinski definition) is 2. The molecule has 0 aliphatic rings. The molecule has 4 nitrogen and oxygen atoms in total. The van der Waals surface area contributed by atoms with E-state index >= 15 is 0 Å². The van der Waals surface area contributed by atoms with Gasteiger partial charge in [-0.25, -0.2) is 4.79 Å². The number of carboxylic acids is 1. The number of rotatable bonds is 4. The highest BCUT2D eigenvalue weighted by Gasteiger charge is 2.15. The molecule has 86 valence electrons. The largest absolute Gasteiger partial charge is 0.478 e. The first-order chi connectivity index (χ1) is 7.58. The van der Waals surface area contributed by atoms with Gasteiger partial charge in [0.1, 0.15) is 5.00 Å². The lowest BCUT2D eigenvalue weighted by Crippen LogP contribution is -2.09. The Kier molecular flexibility index (Phi) is 4.25. The van der Waals surface area contributed by atoms with E-state index < -0.39 is 5.97 Å². The minimum absolute atomic E-state index is 0.153. The number of amides is 1. The Bertz CT molecular complexity index is 434. The van der Waals surface area contributed by atoms with E-state index in [0.29, 0.717) is 5.00 Å². The van der Waals surface area contributed by atoms with E-state index in [1.54, 1.807) is 19.1 Å². The number of nitrogens with one attached hydrogen (secondary N) is 1. The van der Waals surface area contributed by atoms with Crippen molar-refractivity contribution < 1.29 is 14.7 Å². The van der Waals surface area contributed by atoms with Gasteiger partial charge >= 0.3 is 5.97 Å². The van der Waals surface area contributed by atoms with Gasteiger partial charge in [-0.3, -0.25) is 4.79 Å². The Balaban J connectivity index is 2.97. The fourth-order valence-electron chi connectivity index (χ4n) is 1.17. The van der Waals surface area contributed by atoms with Crippen LogP contribution in [0.2, 0.25) is 0 Å². The molecule has 16 heavy (non-hydrogen) atoms. The van der Waals surface area contributed by atoms with Crippen molar-refractivity contribution in [3.05, 3.63) is 28.7 Å². The predicted molar refractivity (Wildman–Crippen MR) is 64.1 cm³/mol. The molecule has 0 fully saturated rings. The third kappa shape index (κ3) is 2.93. The molecular weight excluding hydrogens is 226 g/mol. The second kappa shape index (κ2) is 5.46. The third-order valence-electron chi connectivity index (χ3n) is 1.92. The topological polar surface area (TPSA) is 66.4 Å². The van der Waals surface area contributed by atoms with Gasteiger partial charge < -0.3 is 10.4 Å². The number of thiophene rings is 1. The first kappa shape index (κ1) is 12.4. The van der Waals surface area contributed by atoms with Crippen LogP contribution in [0.5, 0.6) is 0 Å². The van der Waals surface area contributed by atoms with Gasteiger partial charge in [0.15, 0.2) is 0 Å². The van der Waals surface area contributed by atoms with Gasteiger partial charge in [0.2, 0.25) is 5.91 Å². The molecule has 1 aromatic rings. The maximum absolute atomic E-state index is 11.3. The zero-order valence-corrected chi connectivity index (χ0v) is 9.93. The summed E-state index contributed by atoms with van der Waals surface area (Å²) in [4.78, 5) is 23.2. The van der Waals surface area contributed by atoms with Gasteiger partial charge in [-0.2, -0.15) is 0 Å². The predicted octanol–water partition coefficient (Wildman–Crippen LogP) is 2.52. The van der Waals surface area contributed by atoms with Crippen LogP contribution in [0, 0.1) is 0 Å². The average Bonchev–Trinajstić information content (AvgIpc) is 2.61. The lowest BCUT2D eigenvalue weighted by atomic mass is 10.2. The third-order valence-corrected chi connectivity index (χ3v) is 3.11. The Hall–Kier alpha value is -1.62. The van der Waals surface area contributed by atoms with Crippen molar-refractivity contribution in [3.8, 4) is 0 Å². The van der Waals surface area contributed by atoms with Crippen molar-refractivity contribution in [1.29, 1.82) is 0 Å². The van der Waals surface area contributed by atoms with Crippen LogP contribution in [-0.4, -0.2) is 17.0 Å². The van der Waals surface area contributed by atoms with E-state index in [4.69, 9.17) is 5.11 Å². The van der Waals surface area contributed by atoms with Gasteiger partial charge in [-0.1, -0.05) is 13.0 Å². The van der Waals surface area contributed by atoms with Crippen molar-refractivity contribution in [2.75, 3.05) is 5.32 Å². The van der Waals surface area contributed by atoms with Crippen LogP contribution in [-0.2, 0) is 11.2 Å². The van der Waals surface area contributed by atoms with Crippen LogP contribution in [0.25, 0.3) is 0 Å². The maximum atomic E-state index is 11.3. The second-order valence-electron chi connectivity index (χ2n) is 3.10. The highest BCUT2D eigenvalue weighted by atomic mass is 32.1.